The van der Waals surface area contributed by atoms with Gasteiger partial charge < -0.3 is 20.4 Å². The third-order valence-electron chi connectivity index (χ3n) is 5.26. The van der Waals surface area contributed by atoms with Crippen molar-refractivity contribution in [1.82, 2.24) is 15.3 Å². The van der Waals surface area contributed by atoms with Crippen LogP contribution in [-0.4, -0.2) is 47.8 Å². The molecule has 1 aromatic rings. The summed E-state index contributed by atoms with van der Waals surface area (Å²) in [6, 6.07) is 2.17. The standard InChI is InChI=1S/C20H34N6S/c1-15(2)13-21-20(27)24-19-22-17(25-9-5-4-6-10-25)12-18(23-19)26-11-7-8-16(3)14-26/h12,15-16H,4-11,13-14H2,1-3H3,(H2,21,22,23,24,27)/t16-/m0/s1. The number of piperidine rings is 2. The molecular formula is C20H34N6S. The molecule has 0 amide bonds. The van der Waals surface area contributed by atoms with E-state index in [4.69, 9.17) is 22.2 Å². The van der Waals surface area contributed by atoms with Crippen molar-refractivity contribution in [3.63, 3.8) is 0 Å². The maximum atomic E-state index is 5.44. The lowest BCUT2D eigenvalue weighted by Gasteiger charge is -2.33. The van der Waals surface area contributed by atoms with Crippen molar-refractivity contribution in [1.29, 1.82) is 0 Å². The lowest BCUT2D eigenvalue weighted by atomic mass is 10.0. The van der Waals surface area contributed by atoms with E-state index in [2.05, 4.69) is 47.3 Å². The van der Waals surface area contributed by atoms with E-state index in [1.54, 1.807) is 0 Å². The van der Waals surface area contributed by atoms with E-state index in [1.165, 1.54) is 32.1 Å². The fourth-order valence-corrected chi connectivity index (χ4v) is 3.94. The number of hydrogen-bond acceptors (Lipinski definition) is 5. The van der Waals surface area contributed by atoms with Crippen molar-refractivity contribution in [2.45, 2.75) is 52.9 Å². The van der Waals surface area contributed by atoms with Gasteiger partial charge in [-0.15, -0.1) is 0 Å². The summed E-state index contributed by atoms with van der Waals surface area (Å²) >= 11 is 5.44. The van der Waals surface area contributed by atoms with E-state index in [0.29, 0.717) is 22.9 Å². The Balaban J connectivity index is 1.80. The monoisotopic (exact) mass is 390 g/mol. The van der Waals surface area contributed by atoms with Gasteiger partial charge in [0.1, 0.15) is 11.6 Å². The first-order valence-corrected chi connectivity index (χ1v) is 10.9. The summed E-state index contributed by atoms with van der Waals surface area (Å²) in [7, 11) is 0. The maximum Gasteiger partial charge on any atom is 0.232 e. The third-order valence-corrected chi connectivity index (χ3v) is 5.50. The van der Waals surface area contributed by atoms with Gasteiger partial charge in [0.25, 0.3) is 0 Å². The molecule has 0 saturated carbocycles. The first-order chi connectivity index (χ1) is 13.0. The number of nitrogens with zero attached hydrogens (tertiary/aromatic N) is 4. The lowest BCUT2D eigenvalue weighted by molar-refractivity contribution is 0.444. The van der Waals surface area contributed by atoms with E-state index in [0.717, 1.165) is 44.4 Å². The number of rotatable bonds is 5. The van der Waals surface area contributed by atoms with Crippen LogP contribution in [0.15, 0.2) is 6.07 Å². The van der Waals surface area contributed by atoms with Crippen LogP contribution < -0.4 is 20.4 Å². The molecule has 0 radical (unpaired) electrons. The van der Waals surface area contributed by atoms with Crippen LogP contribution in [0.1, 0.15) is 52.9 Å². The van der Waals surface area contributed by atoms with E-state index in [9.17, 15) is 0 Å². The van der Waals surface area contributed by atoms with Crippen LogP contribution in [0.2, 0.25) is 0 Å². The molecule has 2 saturated heterocycles. The van der Waals surface area contributed by atoms with Gasteiger partial charge in [-0.3, -0.25) is 0 Å². The fraction of sp³-hybridized carbons (Fsp3) is 0.750. The highest BCUT2D eigenvalue weighted by molar-refractivity contribution is 7.80. The normalized spacial score (nSPS) is 20.7. The summed E-state index contributed by atoms with van der Waals surface area (Å²) in [5.41, 5.74) is 0. The smallest absolute Gasteiger partial charge is 0.232 e. The van der Waals surface area contributed by atoms with E-state index in [1.807, 2.05) is 0 Å². The Morgan fingerprint density at radius 2 is 1.78 bits per heavy atom. The van der Waals surface area contributed by atoms with Crippen LogP contribution in [0, 0.1) is 11.8 Å². The topological polar surface area (TPSA) is 56.3 Å². The molecule has 7 heteroatoms. The molecule has 1 aromatic heterocycles. The van der Waals surface area contributed by atoms with Gasteiger partial charge in [0.2, 0.25) is 5.95 Å². The van der Waals surface area contributed by atoms with Crippen molar-refractivity contribution in [2.75, 3.05) is 47.8 Å². The van der Waals surface area contributed by atoms with Gasteiger partial charge in [-0.05, 0) is 56.2 Å². The minimum atomic E-state index is 0.538. The lowest BCUT2D eigenvalue weighted by Crippen LogP contribution is -2.36. The molecule has 0 aliphatic carbocycles. The maximum absolute atomic E-state index is 5.44. The molecule has 0 spiro atoms. The molecule has 2 fully saturated rings. The van der Waals surface area contributed by atoms with Gasteiger partial charge in [0.15, 0.2) is 5.11 Å². The molecule has 2 N–H and O–H groups in total. The molecule has 27 heavy (non-hydrogen) atoms. The molecule has 2 aliphatic rings. The third kappa shape index (κ3) is 5.92. The predicted molar refractivity (Wildman–Crippen MR) is 118 cm³/mol. The van der Waals surface area contributed by atoms with Crippen LogP contribution in [0.3, 0.4) is 0 Å². The Labute approximate surface area is 169 Å². The number of aromatic nitrogens is 2. The predicted octanol–water partition coefficient (Wildman–Crippen LogP) is 3.65. The first-order valence-electron chi connectivity index (χ1n) is 10.4. The summed E-state index contributed by atoms with van der Waals surface area (Å²) in [4.78, 5) is 14.4. The number of nitrogens with one attached hydrogen (secondary N) is 2. The molecule has 0 bridgehead atoms. The molecule has 0 aromatic carbocycles. The Kier molecular flexibility index (Phi) is 7.10. The average molecular weight is 391 g/mol. The Morgan fingerprint density at radius 1 is 1.11 bits per heavy atom. The average Bonchev–Trinajstić information content (AvgIpc) is 2.67. The number of thiocarbonyl (C=S) groups is 1. The number of anilines is 3. The van der Waals surface area contributed by atoms with Crippen molar-refractivity contribution in [3.05, 3.63) is 6.07 Å². The number of hydrogen-bond donors (Lipinski definition) is 2. The van der Waals surface area contributed by atoms with E-state index >= 15 is 0 Å². The Morgan fingerprint density at radius 3 is 2.44 bits per heavy atom. The highest BCUT2D eigenvalue weighted by Gasteiger charge is 2.21. The quantitative estimate of drug-likeness (QED) is 0.744. The second kappa shape index (κ2) is 9.53. The van der Waals surface area contributed by atoms with E-state index in [-0.39, 0.29) is 0 Å². The summed E-state index contributed by atoms with van der Waals surface area (Å²) in [6.45, 7) is 11.8. The summed E-state index contributed by atoms with van der Waals surface area (Å²) in [6.07, 6.45) is 6.30. The highest BCUT2D eigenvalue weighted by atomic mass is 32.1. The molecule has 1 atom stereocenters. The molecule has 150 valence electrons. The van der Waals surface area contributed by atoms with E-state index < -0.39 is 0 Å². The summed E-state index contributed by atoms with van der Waals surface area (Å²) in [5, 5.41) is 7.06. The summed E-state index contributed by atoms with van der Waals surface area (Å²) in [5.74, 6) is 3.89. The Bertz CT molecular complexity index is 629. The van der Waals surface area contributed by atoms with Crippen molar-refractivity contribution >= 4 is 34.9 Å². The van der Waals surface area contributed by atoms with Crippen LogP contribution in [0.5, 0.6) is 0 Å². The van der Waals surface area contributed by atoms with Crippen LogP contribution in [0.25, 0.3) is 0 Å². The van der Waals surface area contributed by atoms with Crippen molar-refractivity contribution in [3.8, 4) is 0 Å². The molecule has 2 aliphatic heterocycles. The SMILES string of the molecule is CC(C)CNC(=S)Nc1nc(N2CCCCC2)cc(N2CCC[C@H](C)C2)n1. The fourth-order valence-electron chi connectivity index (χ4n) is 3.76. The first kappa shape index (κ1) is 20.1. The Hall–Kier alpha value is -1.63. The van der Waals surface area contributed by atoms with Crippen LogP contribution in [0.4, 0.5) is 17.6 Å². The van der Waals surface area contributed by atoms with Crippen molar-refractivity contribution < 1.29 is 0 Å². The van der Waals surface area contributed by atoms with Gasteiger partial charge in [0, 0.05) is 38.8 Å². The van der Waals surface area contributed by atoms with Gasteiger partial charge in [-0.1, -0.05) is 20.8 Å². The second-order valence-corrected chi connectivity index (χ2v) is 8.79. The largest absolute Gasteiger partial charge is 0.362 e. The molecular weight excluding hydrogens is 356 g/mol. The van der Waals surface area contributed by atoms with Gasteiger partial charge in [-0.2, -0.15) is 9.97 Å². The highest BCUT2D eigenvalue weighted by Crippen LogP contribution is 2.27. The molecule has 3 heterocycles. The summed E-state index contributed by atoms with van der Waals surface area (Å²) < 4.78 is 0. The van der Waals surface area contributed by atoms with Crippen molar-refractivity contribution in [2.24, 2.45) is 11.8 Å². The second-order valence-electron chi connectivity index (χ2n) is 8.38. The van der Waals surface area contributed by atoms with Crippen LogP contribution in [-0.2, 0) is 0 Å². The van der Waals surface area contributed by atoms with Gasteiger partial charge >= 0.3 is 0 Å². The zero-order valence-electron chi connectivity index (χ0n) is 17.0. The molecule has 3 rings (SSSR count). The van der Waals surface area contributed by atoms with Gasteiger partial charge in [-0.25, -0.2) is 0 Å². The van der Waals surface area contributed by atoms with Gasteiger partial charge in [0.05, 0.1) is 0 Å². The zero-order chi connectivity index (χ0) is 19.2. The minimum Gasteiger partial charge on any atom is -0.362 e. The zero-order valence-corrected chi connectivity index (χ0v) is 17.8. The van der Waals surface area contributed by atoms with Crippen LogP contribution >= 0.6 is 12.2 Å². The molecule has 6 nitrogen and oxygen atoms in total. The minimum absolute atomic E-state index is 0.538. The molecule has 0 unspecified atom stereocenters.